The van der Waals surface area contributed by atoms with Crippen LogP contribution in [0.3, 0.4) is 0 Å². The second-order valence-corrected chi connectivity index (χ2v) is 4.27. The van der Waals surface area contributed by atoms with Crippen LogP contribution in [0.4, 0.5) is 4.79 Å². The van der Waals surface area contributed by atoms with Gasteiger partial charge in [0, 0.05) is 5.70 Å². The van der Waals surface area contributed by atoms with Gasteiger partial charge >= 0.3 is 6.03 Å². The molecule has 2 rings (SSSR count). The standard InChI is InChI=1S/C10H11N3O2S/c1-5-7(9(11)14)8(13-10(15)12-5)6-2-3-16-4-6/h2-4,8H,1H3,(H2,11,14)(H2,12,13,15). The van der Waals surface area contributed by atoms with Crippen LogP contribution in [0.15, 0.2) is 28.1 Å². The highest BCUT2D eigenvalue weighted by atomic mass is 32.1. The number of thiophene rings is 1. The van der Waals surface area contributed by atoms with Crippen LogP contribution in [-0.2, 0) is 4.79 Å². The Balaban J connectivity index is 2.46. The Kier molecular flexibility index (Phi) is 2.66. The zero-order valence-electron chi connectivity index (χ0n) is 8.61. The van der Waals surface area contributed by atoms with Crippen LogP contribution in [-0.4, -0.2) is 11.9 Å². The molecule has 5 nitrogen and oxygen atoms in total. The lowest BCUT2D eigenvalue weighted by molar-refractivity contribution is -0.115. The van der Waals surface area contributed by atoms with E-state index in [1.165, 1.54) is 11.3 Å². The van der Waals surface area contributed by atoms with Gasteiger partial charge in [-0.25, -0.2) is 4.79 Å². The monoisotopic (exact) mass is 237 g/mol. The number of amides is 3. The van der Waals surface area contributed by atoms with Gasteiger partial charge in [0.05, 0.1) is 11.6 Å². The van der Waals surface area contributed by atoms with Gasteiger partial charge in [0.25, 0.3) is 0 Å². The number of nitrogens with one attached hydrogen (secondary N) is 2. The molecular formula is C10H11N3O2S. The maximum atomic E-state index is 11.4. The molecule has 1 aliphatic rings. The number of rotatable bonds is 2. The molecule has 0 bridgehead atoms. The van der Waals surface area contributed by atoms with Gasteiger partial charge in [0.2, 0.25) is 5.91 Å². The molecule has 1 unspecified atom stereocenters. The molecule has 1 aromatic heterocycles. The van der Waals surface area contributed by atoms with Gasteiger partial charge in [0.1, 0.15) is 0 Å². The van der Waals surface area contributed by atoms with Gasteiger partial charge < -0.3 is 16.4 Å². The molecule has 0 aliphatic carbocycles. The summed E-state index contributed by atoms with van der Waals surface area (Å²) < 4.78 is 0. The van der Waals surface area contributed by atoms with Gasteiger partial charge in [-0.1, -0.05) is 0 Å². The van der Waals surface area contributed by atoms with Crippen LogP contribution >= 0.6 is 11.3 Å². The van der Waals surface area contributed by atoms with Crippen molar-refractivity contribution in [3.63, 3.8) is 0 Å². The molecule has 3 amide bonds. The highest BCUT2D eigenvalue weighted by molar-refractivity contribution is 7.08. The Bertz CT molecular complexity index is 464. The van der Waals surface area contributed by atoms with E-state index in [1.807, 2.05) is 16.8 Å². The molecule has 2 heterocycles. The molecule has 0 fully saturated rings. The first-order chi connectivity index (χ1) is 7.59. The lowest BCUT2D eigenvalue weighted by Crippen LogP contribution is -2.46. The van der Waals surface area contributed by atoms with Gasteiger partial charge in [-0.3, -0.25) is 4.79 Å². The number of carbonyl (C=O) groups is 2. The van der Waals surface area contributed by atoms with Gasteiger partial charge in [-0.15, -0.1) is 0 Å². The smallest absolute Gasteiger partial charge is 0.319 e. The quantitative estimate of drug-likeness (QED) is 0.712. The minimum Gasteiger partial charge on any atom is -0.366 e. The third-order valence-electron chi connectivity index (χ3n) is 2.41. The lowest BCUT2D eigenvalue weighted by Gasteiger charge is -2.26. The third kappa shape index (κ3) is 1.79. The van der Waals surface area contributed by atoms with Crippen molar-refractivity contribution in [3.05, 3.63) is 33.7 Å². The van der Waals surface area contributed by atoms with Crippen molar-refractivity contribution in [2.45, 2.75) is 13.0 Å². The normalized spacial score (nSPS) is 20.3. The van der Waals surface area contributed by atoms with Crippen molar-refractivity contribution in [1.29, 1.82) is 0 Å². The highest BCUT2D eigenvalue weighted by Crippen LogP contribution is 2.27. The van der Waals surface area contributed by atoms with Crippen LogP contribution in [0, 0.1) is 0 Å². The first kappa shape index (κ1) is 10.7. The van der Waals surface area contributed by atoms with E-state index in [0.717, 1.165) is 5.56 Å². The first-order valence-electron chi connectivity index (χ1n) is 4.70. The van der Waals surface area contributed by atoms with E-state index in [1.54, 1.807) is 6.92 Å². The summed E-state index contributed by atoms with van der Waals surface area (Å²) in [6, 6.07) is 1.09. The summed E-state index contributed by atoms with van der Waals surface area (Å²) in [6.07, 6.45) is 0. The van der Waals surface area contributed by atoms with E-state index in [2.05, 4.69) is 10.6 Å². The van der Waals surface area contributed by atoms with Crippen molar-refractivity contribution in [2.75, 3.05) is 0 Å². The van der Waals surface area contributed by atoms with Gasteiger partial charge in [0.15, 0.2) is 0 Å². The molecule has 84 valence electrons. The third-order valence-corrected chi connectivity index (χ3v) is 3.11. The fourth-order valence-electron chi connectivity index (χ4n) is 1.71. The lowest BCUT2D eigenvalue weighted by atomic mass is 9.97. The molecule has 0 saturated heterocycles. The second-order valence-electron chi connectivity index (χ2n) is 3.49. The average Bonchev–Trinajstić information content (AvgIpc) is 2.67. The molecule has 0 radical (unpaired) electrons. The van der Waals surface area contributed by atoms with Crippen LogP contribution in [0.1, 0.15) is 18.5 Å². The predicted molar refractivity (Wildman–Crippen MR) is 60.6 cm³/mol. The predicted octanol–water partition coefficient (Wildman–Crippen LogP) is 0.861. The average molecular weight is 237 g/mol. The van der Waals surface area contributed by atoms with Crippen LogP contribution < -0.4 is 16.4 Å². The molecule has 4 N–H and O–H groups in total. The summed E-state index contributed by atoms with van der Waals surface area (Å²) in [6.45, 7) is 1.66. The van der Waals surface area contributed by atoms with E-state index in [0.29, 0.717) is 11.3 Å². The molecule has 0 aromatic carbocycles. The Morgan fingerprint density at radius 3 is 2.88 bits per heavy atom. The van der Waals surface area contributed by atoms with Crippen molar-refractivity contribution in [1.82, 2.24) is 10.6 Å². The number of nitrogens with two attached hydrogens (primary N) is 1. The number of hydrogen-bond donors (Lipinski definition) is 3. The SMILES string of the molecule is CC1=C(C(N)=O)C(c2ccsc2)NC(=O)N1. The number of primary amides is 1. The number of hydrogen-bond acceptors (Lipinski definition) is 3. The Labute approximate surface area is 96.3 Å². The Morgan fingerprint density at radius 1 is 1.56 bits per heavy atom. The summed E-state index contributed by atoms with van der Waals surface area (Å²) in [4.78, 5) is 22.7. The maximum absolute atomic E-state index is 11.4. The first-order valence-corrected chi connectivity index (χ1v) is 5.64. The Morgan fingerprint density at radius 2 is 2.31 bits per heavy atom. The van der Waals surface area contributed by atoms with Crippen molar-refractivity contribution >= 4 is 23.3 Å². The van der Waals surface area contributed by atoms with E-state index >= 15 is 0 Å². The summed E-state index contributed by atoms with van der Waals surface area (Å²) in [5.74, 6) is -0.527. The summed E-state index contributed by atoms with van der Waals surface area (Å²) in [7, 11) is 0. The minimum absolute atomic E-state index is 0.321. The minimum atomic E-state index is -0.527. The summed E-state index contributed by atoms with van der Waals surface area (Å²) in [5, 5.41) is 8.98. The van der Waals surface area contributed by atoms with E-state index in [-0.39, 0.29) is 6.03 Å². The fourth-order valence-corrected chi connectivity index (χ4v) is 2.40. The topological polar surface area (TPSA) is 84.2 Å². The zero-order valence-corrected chi connectivity index (χ0v) is 9.43. The van der Waals surface area contributed by atoms with E-state index < -0.39 is 11.9 Å². The number of carbonyl (C=O) groups excluding carboxylic acids is 2. The molecule has 0 saturated carbocycles. The molecule has 1 atom stereocenters. The molecule has 16 heavy (non-hydrogen) atoms. The zero-order chi connectivity index (χ0) is 11.7. The summed E-state index contributed by atoms with van der Waals surface area (Å²) >= 11 is 1.50. The van der Waals surface area contributed by atoms with E-state index in [9.17, 15) is 9.59 Å². The molecule has 6 heteroatoms. The molecular weight excluding hydrogens is 226 g/mol. The van der Waals surface area contributed by atoms with Crippen LogP contribution in [0.5, 0.6) is 0 Å². The maximum Gasteiger partial charge on any atom is 0.319 e. The fraction of sp³-hybridized carbons (Fsp3) is 0.200. The molecule has 0 spiro atoms. The van der Waals surface area contributed by atoms with E-state index in [4.69, 9.17) is 5.73 Å². The summed E-state index contributed by atoms with van der Waals surface area (Å²) in [5.41, 5.74) is 7.09. The highest BCUT2D eigenvalue weighted by Gasteiger charge is 2.29. The number of urea groups is 1. The molecule has 1 aromatic rings. The largest absolute Gasteiger partial charge is 0.366 e. The van der Waals surface area contributed by atoms with Crippen molar-refractivity contribution < 1.29 is 9.59 Å². The molecule has 1 aliphatic heterocycles. The van der Waals surface area contributed by atoms with Crippen LogP contribution in [0.25, 0.3) is 0 Å². The van der Waals surface area contributed by atoms with Crippen molar-refractivity contribution in [2.24, 2.45) is 5.73 Å². The number of allylic oxidation sites excluding steroid dienone is 1. The second kappa shape index (κ2) is 3.97. The van der Waals surface area contributed by atoms with Gasteiger partial charge in [-0.05, 0) is 29.3 Å². The van der Waals surface area contributed by atoms with Crippen LogP contribution in [0.2, 0.25) is 0 Å². The Hall–Kier alpha value is -1.82. The van der Waals surface area contributed by atoms with Gasteiger partial charge in [-0.2, -0.15) is 11.3 Å². The van der Waals surface area contributed by atoms with Crippen molar-refractivity contribution in [3.8, 4) is 0 Å².